The summed E-state index contributed by atoms with van der Waals surface area (Å²) in [6.45, 7) is 3.72. The van der Waals surface area contributed by atoms with Crippen LogP contribution in [-0.2, 0) is 0 Å². The van der Waals surface area contributed by atoms with E-state index in [9.17, 15) is 0 Å². The Bertz CT molecular complexity index is 816. The van der Waals surface area contributed by atoms with Crippen LogP contribution in [0.3, 0.4) is 0 Å². The van der Waals surface area contributed by atoms with Gasteiger partial charge in [0, 0.05) is 11.1 Å². The van der Waals surface area contributed by atoms with Gasteiger partial charge in [-0.05, 0) is 36.2 Å². The van der Waals surface area contributed by atoms with Gasteiger partial charge in [-0.1, -0.05) is 42.5 Å². The predicted molar refractivity (Wildman–Crippen MR) is 93.1 cm³/mol. The third-order valence-electron chi connectivity index (χ3n) is 3.31. The number of nitrogens with zero attached hydrogens (tertiary/aromatic N) is 2. The van der Waals surface area contributed by atoms with Gasteiger partial charge in [-0.25, -0.2) is 9.97 Å². The SMILES string of the molecule is C=CCC=Cc1cccc(Nc2ncnc3ccccc23)c1. The molecule has 0 fully saturated rings. The minimum absolute atomic E-state index is 0.817. The van der Waals surface area contributed by atoms with Gasteiger partial charge in [0.2, 0.25) is 0 Å². The zero-order valence-corrected chi connectivity index (χ0v) is 12.2. The summed E-state index contributed by atoms with van der Waals surface area (Å²) in [6.07, 6.45) is 8.51. The van der Waals surface area contributed by atoms with E-state index in [1.807, 2.05) is 42.5 Å². The third-order valence-corrected chi connectivity index (χ3v) is 3.31. The third kappa shape index (κ3) is 3.20. The van der Waals surface area contributed by atoms with Gasteiger partial charge in [0.05, 0.1) is 5.52 Å². The Labute approximate surface area is 130 Å². The van der Waals surface area contributed by atoms with Crippen molar-refractivity contribution in [2.24, 2.45) is 0 Å². The van der Waals surface area contributed by atoms with Crippen LogP contribution in [-0.4, -0.2) is 9.97 Å². The molecule has 108 valence electrons. The fraction of sp³-hybridized carbons (Fsp3) is 0.0526. The van der Waals surface area contributed by atoms with Crippen molar-refractivity contribution in [2.45, 2.75) is 6.42 Å². The van der Waals surface area contributed by atoms with Crippen LogP contribution in [0, 0.1) is 0 Å². The highest BCUT2D eigenvalue weighted by molar-refractivity contribution is 5.90. The van der Waals surface area contributed by atoms with Crippen LogP contribution in [0.5, 0.6) is 0 Å². The molecule has 0 spiro atoms. The Morgan fingerprint density at radius 1 is 1.05 bits per heavy atom. The van der Waals surface area contributed by atoms with Gasteiger partial charge in [0.15, 0.2) is 0 Å². The second-order valence-corrected chi connectivity index (χ2v) is 4.92. The standard InChI is InChI=1S/C19H17N3/c1-2-3-4-8-15-9-7-10-16(13-15)22-19-17-11-5-6-12-18(17)20-14-21-19/h2,4-14H,1,3H2,(H,20,21,22). The summed E-state index contributed by atoms with van der Waals surface area (Å²) in [7, 11) is 0. The largest absolute Gasteiger partial charge is 0.340 e. The molecule has 0 aliphatic rings. The lowest BCUT2D eigenvalue weighted by Crippen LogP contribution is -1.96. The molecule has 2 aromatic carbocycles. The maximum absolute atomic E-state index is 4.35. The summed E-state index contributed by atoms with van der Waals surface area (Å²) in [5.41, 5.74) is 3.08. The van der Waals surface area contributed by atoms with Crippen LogP contribution >= 0.6 is 0 Å². The van der Waals surface area contributed by atoms with Gasteiger partial charge in [0.25, 0.3) is 0 Å². The van der Waals surface area contributed by atoms with E-state index in [1.54, 1.807) is 6.33 Å². The van der Waals surface area contributed by atoms with Crippen molar-refractivity contribution in [3.05, 3.63) is 79.2 Å². The van der Waals surface area contributed by atoms with E-state index in [2.05, 4.69) is 46.1 Å². The molecule has 0 saturated carbocycles. The Kier molecular flexibility index (Phi) is 4.25. The first-order valence-electron chi connectivity index (χ1n) is 7.21. The van der Waals surface area contributed by atoms with Crippen LogP contribution in [0.2, 0.25) is 0 Å². The molecule has 0 amide bonds. The first kappa shape index (κ1) is 14.0. The number of nitrogens with one attached hydrogen (secondary N) is 1. The van der Waals surface area contributed by atoms with Gasteiger partial charge in [-0.3, -0.25) is 0 Å². The zero-order chi connectivity index (χ0) is 15.2. The highest BCUT2D eigenvalue weighted by atomic mass is 15.0. The molecule has 0 aliphatic heterocycles. The average molecular weight is 287 g/mol. The summed E-state index contributed by atoms with van der Waals surface area (Å²) >= 11 is 0. The van der Waals surface area contributed by atoms with E-state index in [4.69, 9.17) is 0 Å². The normalized spacial score (nSPS) is 10.9. The topological polar surface area (TPSA) is 37.8 Å². The van der Waals surface area contributed by atoms with Crippen molar-refractivity contribution < 1.29 is 0 Å². The molecular formula is C19H17N3. The van der Waals surface area contributed by atoms with Gasteiger partial charge in [0.1, 0.15) is 12.1 Å². The number of para-hydroxylation sites is 1. The van der Waals surface area contributed by atoms with Crippen LogP contribution in [0.25, 0.3) is 17.0 Å². The second kappa shape index (κ2) is 6.68. The number of hydrogen-bond donors (Lipinski definition) is 1. The maximum atomic E-state index is 4.35. The van der Waals surface area contributed by atoms with Crippen LogP contribution in [0.15, 0.2) is 73.6 Å². The van der Waals surface area contributed by atoms with Crippen LogP contribution < -0.4 is 5.32 Å². The molecule has 3 rings (SSSR count). The first-order valence-corrected chi connectivity index (χ1v) is 7.21. The van der Waals surface area contributed by atoms with Gasteiger partial charge in [-0.15, -0.1) is 6.58 Å². The number of allylic oxidation sites excluding steroid dienone is 2. The van der Waals surface area contributed by atoms with Gasteiger partial charge >= 0.3 is 0 Å². The molecule has 0 radical (unpaired) electrons. The van der Waals surface area contributed by atoms with Gasteiger partial charge in [-0.2, -0.15) is 0 Å². The lowest BCUT2D eigenvalue weighted by molar-refractivity contribution is 1.22. The van der Waals surface area contributed by atoms with E-state index in [0.29, 0.717) is 0 Å². The quantitative estimate of drug-likeness (QED) is 0.674. The van der Waals surface area contributed by atoms with E-state index in [0.717, 1.165) is 34.4 Å². The Balaban J connectivity index is 1.89. The summed E-state index contributed by atoms with van der Waals surface area (Å²) in [6, 6.07) is 16.2. The number of aromatic nitrogens is 2. The van der Waals surface area contributed by atoms with E-state index < -0.39 is 0 Å². The number of anilines is 2. The van der Waals surface area contributed by atoms with E-state index >= 15 is 0 Å². The minimum Gasteiger partial charge on any atom is -0.340 e. The summed E-state index contributed by atoms with van der Waals surface area (Å²) < 4.78 is 0. The molecular weight excluding hydrogens is 270 g/mol. The van der Waals surface area contributed by atoms with Crippen molar-refractivity contribution in [3.63, 3.8) is 0 Å². The lowest BCUT2D eigenvalue weighted by atomic mass is 10.1. The fourth-order valence-corrected chi connectivity index (χ4v) is 2.26. The number of rotatable bonds is 5. The van der Waals surface area contributed by atoms with Crippen molar-refractivity contribution in [2.75, 3.05) is 5.32 Å². The van der Waals surface area contributed by atoms with Crippen molar-refractivity contribution in [3.8, 4) is 0 Å². The van der Waals surface area contributed by atoms with Crippen LogP contribution in [0.1, 0.15) is 12.0 Å². The van der Waals surface area contributed by atoms with Crippen molar-refractivity contribution >= 4 is 28.5 Å². The highest BCUT2D eigenvalue weighted by Crippen LogP contribution is 2.23. The Hall–Kier alpha value is -2.94. The minimum atomic E-state index is 0.817. The smallest absolute Gasteiger partial charge is 0.141 e. The second-order valence-electron chi connectivity index (χ2n) is 4.92. The Morgan fingerprint density at radius 2 is 1.95 bits per heavy atom. The molecule has 0 bridgehead atoms. The Morgan fingerprint density at radius 3 is 2.86 bits per heavy atom. The molecule has 0 aliphatic carbocycles. The zero-order valence-electron chi connectivity index (χ0n) is 12.2. The highest BCUT2D eigenvalue weighted by Gasteiger charge is 2.03. The molecule has 3 nitrogen and oxygen atoms in total. The van der Waals surface area contributed by atoms with Gasteiger partial charge < -0.3 is 5.32 Å². The monoisotopic (exact) mass is 287 g/mol. The molecule has 22 heavy (non-hydrogen) atoms. The average Bonchev–Trinajstić information content (AvgIpc) is 2.56. The van der Waals surface area contributed by atoms with Crippen LogP contribution in [0.4, 0.5) is 11.5 Å². The van der Waals surface area contributed by atoms with E-state index in [1.165, 1.54) is 0 Å². The van der Waals surface area contributed by atoms with Crippen molar-refractivity contribution in [1.29, 1.82) is 0 Å². The summed E-state index contributed by atoms with van der Waals surface area (Å²) in [4.78, 5) is 8.63. The molecule has 1 heterocycles. The molecule has 1 N–H and O–H groups in total. The number of benzene rings is 2. The van der Waals surface area contributed by atoms with E-state index in [-0.39, 0.29) is 0 Å². The molecule has 0 unspecified atom stereocenters. The van der Waals surface area contributed by atoms with Crippen molar-refractivity contribution in [1.82, 2.24) is 9.97 Å². The lowest BCUT2D eigenvalue weighted by Gasteiger charge is -2.08. The predicted octanol–water partition coefficient (Wildman–Crippen LogP) is 4.96. The molecule has 3 aromatic rings. The summed E-state index contributed by atoms with van der Waals surface area (Å²) in [5, 5.41) is 4.38. The first-order chi connectivity index (χ1) is 10.9. The number of fused-ring (bicyclic) bond motifs is 1. The summed E-state index contributed by atoms with van der Waals surface area (Å²) in [5.74, 6) is 0.817. The molecule has 0 atom stereocenters. The molecule has 3 heteroatoms. The number of hydrogen-bond acceptors (Lipinski definition) is 3. The maximum Gasteiger partial charge on any atom is 0.141 e. The molecule has 1 aromatic heterocycles. The molecule has 0 saturated heterocycles. The fourth-order valence-electron chi connectivity index (χ4n) is 2.26.